The van der Waals surface area contributed by atoms with Gasteiger partial charge in [-0.1, -0.05) is 6.07 Å². The van der Waals surface area contributed by atoms with Crippen molar-refractivity contribution in [3.05, 3.63) is 55.6 Å². The molecule has 24 heavy (non-hydrogen) atoms. The summed E-state index contributed by atoms with van der Waals surface area (Å²) in [6, 6.07) is 5.55. The number of fused-ring (bicyclic) bond motifs is 1. The molecule has 2 aromatic heterocycles. The molecule has 1 unspecified atom stereocenters. The molecular weight excluding hydrogens is 324 g/mol. The summed E-state index contributed by atoms with van der Waals surface area (Å²) in [5.74, 6) is -0.258. The van der Waals surface area contributed by atoms with Gasteiger partial charge >= 0.3 is 0 Å². The second kappa shape index (κ2) is 6.02. The maximum absolute atomic E-state index is 13.0. The highest BCUT2D eigenvalue weighted by molar-refractivity contribution is 7.10. The van der Waals surface area contributed by atoms with Crippen molar-refractivity contribution in [2.24, 2.45) is 0 Å². The van der Waals surface area contributed by atoms with Crippen LogP contribution in [0.15, 0.2) is 28.4 Å². The van der Waals surface area contributed by atoms with E-state index in [1.165, 1.54) is 6.07 Å². The predicted octanol–water partition coefficient (Wildman–Crippen LogP) is 2.93. The van der Waals surface area contributed by atoms with Crippen LogP contribution in [0.1, 0.15) is 63.0 Å². The average Bonchev–Trinajstić information content (AvgIpc) is 3.25. The zero-order valence-corrected chi connectivity index (χ0v) is 14.0. The number of Topliss-reactive ketones (excluding diaryl/α,β-unsaturated/α-hetero) is 1. The zero-order chi connectivity index (χ0) is 16.7. The molecule has 1 atom stereocenters. The maximum atomic E-state index is 13.0. The van der Waals surface area contributed by atoms with Crippen LogP contribution in [0.3, 0.4) is 0 Å². The molecule has 0 spiro atoms. The van der Waals surface area contributed by atoms with Gasteiger partial charge in [0.2, 0.25) is 0 Å². The van der Waals surface area contributed by atoms with Gasteiger partial charge in [-0.2, -0.15) is 0 Å². The Bertz CT molecular complexity index is 854. The second-order valence-corrected chi connectivity index (χ2v) is 7.33. The zero-order valence-electron chi connectivity index (χ0n) is 13.2. The van der Waals surface area contributed by atoms with E-state index in [9.17, 15) is 14.4 Å². The van der Waals surface area contributed by atoms with Gasteiger partial charge in [0.1, 0.15) is 5.56 Å². The van der Waals surface area contributed by atoms with Gasteiger partial charge in [-0.15, -0.1) is 11.3 Å². The minimum absolute atomic E-state index is 0.0118. The summed E-state index contributed by atoms with van der Waals surface area (Å²) < 4.78 is 0. The summed E-state index contributed by atoms with van der Waals surface area (Å²) in [5.41, 5.74) is 0.887. The van der Waals surface area contributed by atoms with Crippen LogP contribution in [0, 0.1) is 0 Å². The van der Waals surface area contributed by atoms with E-state index in [2.05, 4.69) is 4.98 Å². The third kappa shape index (κ3) is 2.51. The predicted molar refractivity (Wildman–Crippen MR) is 91.7 cm³/mol. The molecule has 0 bridgehead atoms. The number of ketones is 1. The molecular formula is C18H18N2O3S. The number of hydrogen-bond acceptors (Lipinski definition) is 4. The molecule has 4 rings (SSSR count). The Hall–Kier alpha value is -2.21. The molecule has 6 heteroatoms. The van der Waals surface area contributed by atoms with Crippen LogP contribution in [-0.2, 0) is 6.42 Å². The Morgan fingerprint density at radius 2 is 2.12 bits per heavy atom. The third-order valence-electron chi connectivity index (χ3n) is 4.87. The van der Waals surface area contributed by atoms with Crippen molar-refractivity contribution in [1.29, 1.82) is 0 Å². The molecule has 1 fully saturated rings. The van der Waals surface area contributed by atoms with Crippen LogP contribution in [0.25, 0.3) is 0 Å². The van der Waals surface area contributed by atoms with Crippen LogP contribution >= 0.6 is 11.3 Å². The smallest absolute Gasteiger partial charge is 0.261 e. The first kappa shape index (κ1) is 15.3. The van der Waals surface area contributed by atoms with E-state index in [1.54, 1.807) is 16.2 Å². The number of carbonyl (C=O) groups is 2. The van der Waals surface area contributed by atoms with E-state index in [4.69, 9.17) is 0 Å². The molecule has 0 radical (unpaired) electrons. The minimum atomic E-state index is -0.384. The van der Waals surface area contributed by atoms with Gasteiger partial charge in [-0.25, -0.2) is 0 Å². The lowest BCUT2D eigenvalue weighted by Crippen LogP contribution is -2.35. The molecule has 3 heterocycles. The number of likely N-dealkylation sites (tertiary alicyclic amines) is 1. The molecule has 0 aromatic carbocycles. The number of H-pyrrole nitrogens is 1. The van der Waals surface area contributed by atoms with Crippen molar-refractivity contribution in [2.75, 3.05) is 6.54 Å². The number of nitrogens with zero attached hydrogens (tertiary/aromatic N) is 1. The lowest BCUT2D eigenvalue weighted by Gasteiger charge is -2.24. The highest BCUT2D eigenvalue weighted by atomic mass is 32.1. The van der Waals surface area contributed by atoms with Crippen molar-refractivity contribution < 1.29 is 9.59 Å². The highest BCUT2D eigenvalue weighted by Crippen LogP contribution is 2.35. The van der Waals surface area contributed by atoms with E-state index < -0.39 is 0 Å². The monoisotopic (exact) mass is 342 g/mol. The number of aromatic amines is 1. The Morgan fingerprint density at radius 1 is 1.25 bits per heavy atom. The van der Waals surface area contributed by atoms with Gasteiger partial charge in [0, 0.05) is 29.1 Å². The first-order chi connectivity index (χ1) is 11.6. The molecule has 1 saturated heterocycles. The lowest BCUT2D eigenvalue weighted by atomic mass is 9.93. The highest BCUT2D eigenvalue weighted by Gasteiger charge is 2.33. The fourth-order valence-electron chi connectivity index (χ4n) is 3.68. The fraction of sp³-hybridized carbons (Fsp3) is 0.389. The first-order valence-corrected chi connectivity index (χ1v) is 9.17. The molecule has 0 saturated carbocycles. The van der Waals surface area contributed by atoms with Crippen molar-refractivity contribution in [3.8, 4) is 0 Å². The summed E-state index contributed by atoms with van der Waals surface area (Å²) in [7, 11) is 0. The molecule has 5 nitrogen and oxygen atoms in total. The first-order valence-electron chi connectivity index (χ1n) is 8.29. The van der Waals surface area contributed by atoms with Gasteiger partial charge in [0.05, 0.1) is 6.04 Å². The number of pyridine rings is 1. The maximum Gasteiger partial charge on any atom is 0.261 e. The molecule has 2 aromatic rings. The van der Waals surface area contributed by atoms with Crippen molar-refractivity contribution in [3.63, 3.8) is 0 Å². The van der Waals surface area contributed by atoms with E-state index in [1.807, 2.05) is 17.5 Å². The van der Waals surface area contributed by atoms with Gasteiger partial charge in [-0.3, -0.25) is 14.4 Å². The van der Waals surface area contributed by atoms with Crippen LogP contribution in [-0.4, -0.2) is 28.1 Å². The quantitative estimate of drug-likeness (QED) is 0.912. The fourth-order valence-corrected chi connectivity index (χ4v) is 4.55. The van der Waals surface area contributed by atoms with Gasteiger partial charge < -0.3 is 9.88 Å². The van der Waals surface area contributed by atoms with Crippen molar-refractivity contribution in [2.45, 2.75) is 38.1 Å². The summed E-state index contributed by atoms with van der Waals surface area (Å²) in [6.45, 7) is 0.645. The number of aromatic nitrogens is 1. The molecule has 1 amide bonds. The Labute approximate surface area is 143 Å². The number of hydrogen-bond donors (Lipinski definition) is 1. The Kier molecular flexibility index (Phi) is 3.84. The number of thiophene rings is 1. The molecule has 1 aliphatic carbocycles. The summed E-state index contributed by atoms with van der Waals surface area (Å²) in [5, 5.41) is 2.00. The topological polar surface area (TPSA) is 70.2 Å². The molecule has 1 N–H and O–H groups in total. The Balaban J connectivity index is 1.71. The number of aryl methyl sites for hydroxylation is 1. The van der Waals surface area contributed by atoms with Crippen LogP contribution < -0.4 is 5.56 Å². The average molecular weight is 342 g/mol. The number of nitrogens with one attached hydrogen (secondary N) is 1. The number of rotatable bonds is 2. The van der Waals surface area contributed by atoms with Gasteiger partial charge in [0.25, 0.3) is 11.5 Å². The van der Waals surface area contributed by atoms with Gasteiger partial charge in [0.15, 0.2) is 5.78 Å². The summed E-state index contributed by atoms with van der Waals surface area (Å²) in [4.78, 5) is 43.1. The van der Waals surface area contributed by atoms with Crippen LogP contribution in [0.2, 0.25) is 0 Å². The van der Waals surface area contributed by atoms with Gasteiger partial charge in [-0.05, 0) is 43.2 Å². The summed E-state index contributed by atoms with van der Waals surface area (Å²) in [6.07, 6.45) is 3.76. The van der Waals surface area contributed by atoms with E-state index in [0.29, 0.717) is 30.6 Å². The van der Waals surface area contributed by atoms with Crippen molar-refractivity contribution in [1.82, 2.24) is 9.88 Å². The lowest BCUT2D eigenvalue weighted by molar-refractivity contribution is 0.0736. The number of carbonyl (C=O) groups excluding carboxylic acids is 2. The van der Waals surface area contributed by atoms with Crippen molar-refractivity contribution >= 4 is 23.0 Å². The number of amides is 1. The molecule has 1 aliphatic heterocycles. The van der Waals surface area contributed by atoms with E-state index in [-0.39, 0.29) is 28.9 Å². The van der Waals surface area contributed by atoms with E-state index in [0.717, 1.165) is 24.1 Å². The van der Waals surface area contributed by atoms with E-state index >= 15 is 0 Å². The third-order valence-corrected chi connectivity index (χ3v) is 5.84. The Morgan fingerprint density at radius 3 is 2.92 bits per heavy atom. The SMILES string of the molecule is O=C1CCCc2[nH]c(=O)c(C(=O)N3CCCC3c3cccs3)cc21. The van der Waals surface area contributed by atoms with Crippen LogP contribution in [0.4, 0.5) is 0 Å². The van der Waals surface area contributed by atoms with Crippen LogP contribution in [0.5, 0.6) is 0 Å². The molecule has 2 aliphatic rings. The normalized spacial score (nSPS) is 20.2. The molecule has 124 valence electrons. The second-order valence-electron chi connectivity index (χ2n) is 6.35. The minimum Gasteiger partial charge on any atom is -0.331 e. The standard InChI is InChI=1S/C18H18N2O3S/c21-15-6-1-4-13-11(15)10-12(17(22)19-13)18(23)20-8-2-5-14(20)16-7-3-9-24-16/h3,7,9-10,14H,1-2,4-6,8H2,(H,19,22). The largest absolute Gasteiger partial charge is 0.331 e. The summed E-state index contributed by atoms with van der Waals surface area (Å²) >= 11 is 1.63.